The third-order valence-corrected chi connectivity index (χ3v) is 3.83. The first kappa shape index (κ1) is 17.6. The van der Waals surface area contributed by atoms with Crippen molar-refractivity contribution in [2.24, 2.45) is 0 Å². The number of ether oxygens (including phenoxy) is 1. The molecule has 0 saturated heterocycles. The van der Waals surface area contributed by atoms with Gasteiger partial charge in [-0.15, -0.1) is 0 Å². The number of carbonyl (C=O) groups excluding carboxylic acids is 2. The second-order valence-corrected chi connectivity index (χ2v) is 5.93. The Hall–Kier alpha value is -3.19. The van der Waals surface area contributed by atoms with Crippen molar-refractivity contribution in [3.63, 3.8) is 0 Å². The van der Waals surface area contributed by atoms with E-state index in [1.54, 1.807) is 30.3 Å². The van der Waals surface area contributed by atoms with Gasteiger partial charge in [-0.2, -0.15) is 0 Å². The van der Waals surface area contributed by atoms with Gasteiger partial charge in [-0.05, 0) is 36.6 Å². The minimum atomic E-state index is -1.09. The van der Waals surface area contributed by atoms with Gasteiger partial charge in [-0.1, -0.05) is 29.8 Å². The van der Waals surface area contributed by atoms with Gasteiger partial charge in [0.05, 0.1) is 5.02 Å². The molecule has 0 spiro atoms. The molecule has 0 saturated carbocycles. The molecule has 0 aliphatic rings. The van der Waals surface area contributed by atoms with Crippen LogP contribution in [0.1, 0.15) is 17.4 Å². The number of carbonyl (C=O) groups is 2. The van der Waals surface area contributed by atoms with Crippen LogP contribution >= 0.6 is 11.6 Å². The summed E-state index contributed by atoms with van der Waals surface area (Å²) in [4.78, 5) is 42.8. The smallest absolute Gasteiger partial charge is 0.355 e. The number of aromatic nitrogens is 2. The molecule has 1 aromatic carbocycles. The first-order valence-corrected chi connectivity index (χ1v) is 8.07. The van der Waals surface area contributed by atoms with Gasteiger partial charge >= 0.3 is 5.97 Å². The predicted molar refractivity (Wildman–Crippen MR) is 97.3 cm³/mol. The fourth-order valence-corrected chi connectivity index (χ4v) is 2.39. The number of rotatable bonds is 4. The number of hydrogen-bond donors (Lipinski definition) is 2. The molecule has 3 aromatic rings. The molecule has 8 heteroatoms. The molecule has 0 bridgehead atoms. The van der Waals surface area contributed by atoms with Crippen molar-refractivity contribution in [2.75, 3.05) is 5.32 Å². The van der Waals surface area contributed by atoms with Gasteiger partial charge in [0, 0.05) is 11.6 Å². The van der Waals surface area contributed by atoms with Crippen LogP contribution in [-0.4, -0.2) is 27.9 Å². The molecule has 0 radical (unpaired) electrons. The normalized spacial score (nSPS) is 11.8. The summed E-state index contributed by atoms with van der Waals surface area (Å²) in [5.41, 5.74) is -0.435. The fourth-order valence-electron chi connectivity index (χ4n) is 2.28. The van der Waals surface area contributed by atoms with Crippen LogP contribution in [0.2, 0.25) is 5.02 Å². The summed E-state index contributed by atoms with van der Waals surface area (Å²) in [7, 11) is 0. The van der Waals surface area contributed by atoms with Crippen LogP contribution in [0, 0.1) is 0 Å². The number of hydrogen-bond acceptors (Lipinski definition) is 5. The second kappa shape index (κ2) is 7.37. The summed E-state index contributed by atoms with van der Waals surface area (Å²) in [6.45, 7) is 1.42. The molecule has 0 unspecified atom stereocenters. The average Bonchev–Trinajstić information content (AvgIpc) is 2.63. The highest BCUT2D eigenvalue weighted by atomic mass is 35.5. The number of benzene rings is 1. The molecular weight excluding hydrogens is 358 g/mol. The number of H-pyrrole nitrogens is 1. The van der Waals surface area contributed by atoms with Gasteiger partial charge in [-0.3, -0.25) is 9.59 Å². The monoisotopic (exact) mass is 371 g/mol. The van der Waals surface area contributed by atoms with Crippen LogP contribution in [0.3, 0.4) is 0 Å². The predicted octanol–water partition coefficient (Wildman–Crippen LogP) is 2.76. The van der Waals surface area contributed by atoms with E-state index in [0.29, 0.717) is 15.8 Å². The van der Waals surface area contributed by atoms with Crippen molar-refractivity contribution in [3.8, 4) is 0 Å². The van der Waals surface area contributed by atoms with Crippen molar-refractivity contribution in [1.29, 1.82) is 0 Å². The zero-order valence-electron chi connectivity index (χ0n) is 13.7. The first-order valence-electron chi connectivity index (χ1n) is 7.69. The highest BCUT2D eigenvalue weighted by Gasteiger charge is 2.20. The zero-order chi connectivity index (χ0) is 18.7. The van der Waals surface area contributed by atoms with Crippen LogP contribution in [0.4, 0.5) is 5.82 Å². The van der Waals surface area contributed by atoms with Crippen molar-refractivity contribution in [2.45, 2.75) is 13.0 Å². The second-order valence-electron chi connectivity index (χ2n) is 5.50. The van der Waals surface area contributed by atoms with Crippen LogP contribution < -0.4 is 10.9 Å². The summed E-state index contributed by atoms with van der Waals surface area (Å²) < 4.78 is 5.12. The molecule has 0 aliphatic heterocycles. The lowest BCUT2D eigenvalue weighted by Gasteiger charge is -2.13. The third-order valence-electron chi connectivity index (χ3n) is 3.61. The van der Waals surface area contributed by atoms with Gasteiger partial charge in [0.2, 0.25) is 0 Å². The summed E-state index contributed by atoms with van der Waals surface area (Å²) in [5.74, 6) is -1.09. The van der Waals surface area contributed by atoms with Crippen LogP contribution in [-0.2, 0) is 9.53 Å². The topological polar surface area (TPSA) is 101 Å². The molecule has 7 nitrogen and oxygen atoms in total. The number of anilines is 1. The molecule has 2 heterocycles. The van der Waals surface area contributed by atoms with E-state index in [1.807, 2.05) is 0 Å². The van der Waals surface area contributed by atoms with Crippen molar-refractivity contribution in [1.82, 2.24) is 9.97 Å². The third kappa shape index (κ3) is 3.89. The van der Waals surface area contributed by atoms with Gasteiger partial charge in [-0.25, -0.2) is 9.78 Å². The summed E-state index contributed by atoms with van der Waals surface area (Å²) in [6, 6.07) is 11.4. The molecule has 26 heavy (non-hydrogen) atoms. The maximum absolute atomic E-state index is 12.2. The Bertz CT molecular complexity index is 1030. The maximum Gasteiger partial charge on any atom is 0.355 e. The molecule has 2 aromatic heterocycles. The molecule has 3 rings (SSSR count). The van der Waals surface area contributed by atoms with Gasteiger partial charge < -0.3 is 15.0 Å². The van der Waals surface area contributed by atoms with E-state index in [4.69, 9.17) is 16.3 Å². The molecule has 1 atom stereocenters. The Morgan fingerprint density at radius 1 is 1.23 bits per heavy atom. The van der Waals surface area contributed by atoms with Crippen molar-refractivity contribution >= 4 is 40.1 Å². The fraction of sp³-hybridized carbons (Fsp3) is 0.111. The van der Waals surface area contributed by atoms with Crippen molar-refractivity contribution in [3.05, 3.63) is 69.7 Å². The number of amides is 1. The zero-order valence-corrected chi connectivity index (χ0v) is 14.4. The molecule has 132 valence electrons. The lowest BCUT2D eigenvalue weighted by atomic mass is 10.1. The number of esters is 1. The lowest BCUT2D eigenvalue weighted by molar-refractivity contribution is -0.123. The summed E-state index contributed by atoms with van der Waals surface area (Å²) >= 11 is 5.73. The quantitative estimate of drug-likeness (QED) is 0.687. The number of nitrogens with zero attached hydrogens (tertiary/aromatic N) is 1. The van der Waals surface area contributed by atoms with E-state index in [0.717, 1.165) is 0 Å². The van der Waals surface area contributed by atoms with Crippen LogP contribution in [0.25, 0.3) is 10.8 Å². The van der Waals surface area contributed by atoms with Gasteiger partial charge in [0.1, 0.15) is 11.5 Å². The first-order chi connectivity index (χ1) is 12.4. The van der Waals surface area contributed by atoms with E-state index in [-0.39, 0.29) is 11.5 Å². The Balaban J connectivity index is 1.71. The van der Waals surface area contributed by atoms with Crippen molar-refractivity contribution < 1.29 is 14.3 Å². The molecular formula is C18H14ClN3O4. The highest BCUT2D eigenvalue weighted by molar-refractivity contribution is 6.30. The minimum absolute atomic E-state index is 0.0297. The maximum atomic E-state index is 12.2. The Morgan fingerprint density at radius 3 is 2.73 bits per heavy atom. The molecule has 0 fully saturated rings. The van der Waals surface area contributed by atoms with Crippen LogP contribution in [0.5, 0.6) is 0 Å². The van der Waals surface area contributed by atoms with E-state index in [9.17, 15) is 14.4 Å². The highest BCUT2D eigenvalue weighted by Crippen LogP contribution is 2.12. The molecule has 0 aliphatic carbocycles. The number of nitrogens with one attached hydrogen (secondary N) is 2. The number of pyridine rings is 2. The largest absolute Gasteiger partial charge is 0.448 e. The number of fused-ring (bicyclic) bond motifs is 1. The standard InChI is InChI=1S/C18H14ClN3O4/c1-10(16(23)22-15-7-6-12(19)9-20-15)26-18(25)14-8-11-4-2-3-5-13(11)17(24)21-14/h2-10H,1H3,(H,21,24)(H,20,22,23)/t10-/m1/s1. The number of halogens is 1. The Morgan fingerprint density at radius 2 is 2.00 bits per heavy atom. The summed E-state index contributed by atoms with van der Waals surface area (Å²) in [5, 5.41) is 4.01. The Labute approximate surface area is 153 Å². The average molecular weight is 372 g/mol. The SMILES string of the molecule is C[C@@H](OC(=O)c1cc2ccccc2c(=O)[nH]1)C(=O)Nc1ccc(Cl)cn1. The number of aromatic amines is 1. The summed E-state index contributed by atoms with van der Waals surface area (Å²) in [6.07, 6.45) is 0.295. The van der Waals surface area contributed by atoms with E-state index in [2.05, 4.69) is 15.3 Å². The van der Waals surface area contributed by atoms with E-state index in [1.165, 1.54) is 25.3 Å². The van der Waals surface area contributed by atoms with Gasteiger partial charge in [0.25, 0.3) is 11.5 Å². The van der Waals surface area contributed by atoms with E-state index >= 15 is 0 Å². The minimum Gasteiger partial charge on any atom is -0.448 e. The molecule has 2 N–H and O–H groups in total. The lowest BCUT2D eigenvalue weighted by Crippen LogP contribution is -2.31. The van der Waals surface area contributed by atoms with Crippen LogP contribution in [0.15, 0.2) is 53.5 Å². The van der Waals surface area contributed by atoms with Gasteiger partial charge in [0.15, 0.2) is 6.10 Å². The van der Waals surface area contributed by atoms with E-state index < -0.39 is 23.5 Å². The Kier molecular flexibility index (Phi) is 4.99. The molecule has 1 amide bonds.